The van der Waals surface area contributed by atoms with Gasteiger partial charge >= 0.3 is 0 Å². The lowest BCUT2D eigenvalue weighted by atomic mass is 9.93. The van der Waals surface area contributed by atoms with Gasteiger partial charge in [0.15, 0.2) is 0 Å². The van der Waals surface area contributed by atoms with Crippen LogP contribution in [0.25, 0.3) is 0 Å². The van der Waals surface area contributed by atoms with Crippen LogP contribution in [0, 0.1) is 5.82 Å². The Labute approximate surface area is 197 Å². The Hall–Kier alpha value is -2.07. The van der Waals surface area contributed by atoms with E-state index in [0.29, 0.717) is 24.3 Å². The minimum absolute atomic E-state index is 0.0251. The summed E-state index contributed by atoms with van der Waals surface area (Å²) < 4.78 is 57.7. The zero-order valence-electron chi connectivity index (χ0n) is 18.2. The molecule has 2 aromatic rings. The SMILES string of the molecule is C[C@H](CO)NC(=O)c1ccc(CN(C2CCCCC2F)S(=O)(=O)c2ccc(Cl)cc2)c(F)c1. The Morgan fingerprint density at radius 2 is 1.88 bits per heavy atom. The Bertz CT molecular complexity index is 1080. The third kappa shape index (κ3) is 6.09. The zero-order valence-corrected chi connectivity index (χ0v) is 19.7. The molecule has 0 heterocycles. The van der Waals surface area contributed by atoms with Crippen LogP contribution in [0.3, 0.4) is 0 Å². The Morgan fingerprint density at radius 3 is 2.48 bits per heavy atom. The quantitative estimate of drug-likeness (QED) is 0.572. The van der Waals surface area contributed by atoms with E-state index in [-0.39, 0.29) is 35.6 Å². The van der Waals surface area contributed by atoms with Gasteiger partial charge in [0.05, 0.1) is 17.5 Å². The standard InChI is InChI=1S/C23H27ClF2N2O4S/c1-15(14-29)27-23(30)16-6-7-17(21(26)12-16)13-28(22-5-3-2-4-20(22)25)33(31,32)19-10-8-18(24)9-11-19/h6-12,15,20,22,29H,2-5,13-14H2,1H3,(H,27,30)/t15-,20?,22?/m1/s1. The van der Waals surface area contributed by atoms with Crippen LogP contribution in [0.15, 0.2) is 47.4 Å². The van der Waals surface area contributed by atoms with Crippen LogP contribution >= 0.6 is 11.6 Å². The minimum Gasteiger partial charge on any atom is -0.394 e. The Balaban J connectivity index is 1.93. The van der Waals surface area contributed by atoms with Gasteiger partial charge in [0.2, 0.25) is 10.0 Å². The third-order valence-electron chi connectivity index (χ3n) is 5.73. The molecule has 1 aliphatic carbocycles. The van der Waals surface area contributed by atoms with Crippen LogP contribution in [0.1, 0.15) is 48.5 Å². The van der Waals surface area contributed by atoms with Gasteiger partial charge in [-0.1, -0.05) is 30.5 Å². The van der Waals surface area contributed by atoms with Gasteiger partial charge in [-0.2, -0.15) is 4.31 Å². The molecule has 0 spiro atoms. The van der Waals surface area contributed by atoms with Gasteiger partial charge in [-0.25, -0.2) is 17.2 Å². The summed E-state index contributed by atoms with van der Waals surface area (Å²) in [5.74, 6) is -1.34. The molecule has 1 amide bonds. The maximum absolute atomic E-state index is 14.9. The van der Waals surface area contributed by atoms with Crippen LogP contribution in [0.2, 0.25) is 5.02 Å². The highest BCUT2D eigenvalue weighted by atomic mass is 35.5. The van der Waals surface area contributed by atoms with E-state index in [0.717, 1.165) is 10.4 Å². The molecule has 6 nitrogen and oxygen atoms in total. The molecule has 2 aromatic carbocycles. The number of nitrogens with zero attached hydrogens (tertiary/aromatic N) is 1. The molecule has 1 fully saturated rings. The highest BCUT2D eigenvalue weighted by molar-refractivity contribution is 7.89. The fourth-order valence-electron chi connectivity index (χ4n) is 3.85. The highest BCUT2D eigenvalue weighted by Crippen LogP contribution is 2.32. The number of halogens is 3. The number of carbonyl (C=O) groups is 1. The van der Waals surface area contributed by atoms with Gasteiger partial charge in [-0.15, -0.1) is 0 Å². The van der Waals surface area contributed by atoms with Crippen LogP contribution in [0.4, 0.5) is 8.78 Å². The van der Waals surface area contributed by atoms with E-state index in [1.165, 1.54) is 36.4 Å². The fraction of sp³-hybridized carbons (Fsp3) is 0.435. The predicted molar refractivity (Wildman–Crippen MR) is 122 cm³/mol. The van der Waals surface area contributed by atoms with Crippen LogP contribution in [0.5, 0.6) is 0 Å². The summed E-state index contributed by atoms with van der Waals surface area (Å²) in [6, 6.07) is 7.83. The number of hydrogen-bond donors (Lipinski definition) is 2. The smallest absolute Gasteiger partial charge is 0.251 e. The second-order valence-corrected chi connectivity index (χ2v) is 10.6. The number of carbonyl (C=O) groups excluding carboxylic acids is 1. The maximum Gasteiger partial charge on any atom is 0.251 e. The van der Waals surface area contributed by atoms with Crippen molar-refractivity contribution in [3.63, 3.8) is 0 Å². The first kappa shape index (κ1) is 25.6. The van der Waals surface area contributed by atoms with E-state index in [2.05, 4.69) is 5.32 Å². The summed E-state index contributed by atoms with van der Waals surface area (Å²) in [4.78, 5) is 12.1. The molecule has 180 valence electrons. The van der Waals surface area contributed by atoms with E-state index in [4.69, 9.17) is 16.7 Å². The zero-order chi connectivity index (χ0) is 24.2. The van der Waals surface area contributed by atoms with E-state index in [9.17, 15) is 22.0 Å². The van der Waals surface area contributed by atoms with Gasteiger partial charge in [0.25, 0.3) is 5.91 Å². The summed E-state index contributed by atoms with van der Waals surface area (Å²) in [5.41, 5.74) is 0.0572. The predicted octanol–water partition coefficient (Wildman–Crippen LogP) is 4.06. The average Bonchev–Trinajstić information content (AvgIpc) is 2.79. The van der Waals surface area contributed by atoms with Crippen molar-refractivity contribution in [1.29, 1.82) is 0 Å². The van der Waals surface area contributed by atoms with Gasteiger partial charge in [0.1, 0.15) is 12.0 Å². The molecule has 2 N–H and O–H groups in total. The first-order chi connectivity index (χ1) is 15.6. The summed E-state index contributed by atoms with van der Waals surface area (Å²) in [7, 11) is -4.15. The summed E-state index contributed by atoms with van der Waals surface area (Å²) in [6.07, 6.45) is 0.532. The number of benzene rings is 2. The van der Waals surface area contributed by atoms with Crippen molar-refractivity contribution >= 4 is 27.5 Å². The molecule has 1 aliphatic rings. The number of hydrogen-bond acceptors (Lipinski definition) is 4. The third-order valence-corrected chi connectivity index (χ3v) is 7.87. The summed E-state index contributed by atoms with van der Waals surface area (Å²) in [5, 5.41) is 11.9. The molecule has 0 aromatic heterocycles. The van der Waals surface area contributed by atoms with Crippen molar-refractivity contribution in [3.8, 4) is 0 Å². The van der Waals surface area contributed by atoms with Gasteiger partial charge in [-0.05, 0) is 56.2 Å². The lowest BCUT2D eigenvalue weighted by Gasteiger charge is -2.35. The molecule has 10 heteroatoms. The minimum atomic E-state index is -4.15. The van der Waals surface area contributed by atoms with Crippen molar-refractivity contribution in [1.82, 2.24) is 9.62 Å². The fourth-order valence-corrected chi connectivity index (χ4v) is 5.63. The molecule has 0 bridgehead atoms. The second kappa shape index (κ2) is 10.9. The van der Waals surface area contributed by atoms with Gasteiger partial charge in [-0.3, -0.25) is 4.79 Å². The van der Waals surface area contributed by atoms with Gasteiger partial charge in [0, 0.05) is 28.7 Å². The number of sulfonamides is 1. The molecule has 0 saturated heterocycles. The normalized spacial score (nSPS) is 19.9. The van der Waals surface area contributed by atoms with E-state index in [1.54, 1.807) is 6.92 Å². The highest BCUT2D eigenvalue weighted by Gasteiger charge is 2.38. The lowest BCUT2D eigenvalue weighted by molar-refractivity contribution is 0.0921. The molecule has 33 heavy (non-hydrogen) atoms. The topological polar surface area (TPSA) is 86.7 Å². The number of aliphatic hydroxyl groups excluding tert-OH is 1. The number of aliphatic hydroxyl groups is 1. The van der Waals surface area contributed by atoms with E-state index >= 15 is 0 Å². The largest absolute Gasteiger partial charge is 0.394 e. The Kier molecular flexibility index (Phi) is 8.44. The lowest BCUT2D eigenvalue weighted by Crippen LogP contribution is -2.46. The van der Waals surface area contributed by atoms with Gasteiger partial charge < -0.3 is 10.4 Å². The first-order valence-corrected chi connectivity index (χ1v) is 12.6. The second-order valence-electron chi connectivity index (χ2n) is 8.24. The summed E-state index contributed by atoms with van der Waals surface area (Å²) in [6.45, 7) is 0.951. The average molecular weight is 501 g/mol. The van der Waals surface area contributed by atoms with Crippen molar-refractivity contribution in [2.75, 3.05) is 6.61 Å². The molecule has 1 saturated carbocycles. The molecule has 3 rings (SSSR count). The number of amides is 1. The van der Waals surface area contributed by atoms with E-state index < -0.39 is 40.0 Å². The van der Waals surface area contributed by atoms with Crippen LogP contribution < -0.4 is 5.32 Å². The number of nitrogens with one attached hydrogen (secondary N) is 1. The van der Waals surface area contributed by atoms with Crippen molar-refractivity contribution in [2.45, 2.75) is 62.3 Å². The van der Waals surface area contributed by atoms with E-state index in [1.807, 2.05) is 0 Å². The first-order valence-electron chi connectivity index (χ1n) is 10.7. The summed E-state index contributed by atoms with van der Waals surface area (Å²) >= 11 is 5.88. The molecule has 2 unspecified atom stereocenters. The monoisotopic (exact) mass is 500 g/mol. The van der Waals surface area contributed by atoms with Crippen molar-refractivity contribution < 1.29 is 27.1 Å². The number of rotatable bonds is 8. The van der Waals surface area contributed by atoms with Crippen molar-refractivity contribution in [2.24, 2.45) is 0 Å². The molecule has 3 atom stereocenters. The molecule has 0 aliphatic heterocycles. The van der Waals surface area contributed by atoms with Crippen LogP contribution in [-0.2, 0) is 16.6 Å². The Morgan fingerprint density at radius 1 is 1.21 bits per heavy atom. The molecular formula is C23H27ClF2N2O4S. The molecular weight excluding hydrogens is 474 g/mol. The maximum atomic E-state index is 14.9. The number of alkyl halides is 1. The van der Waals surface area contributed by atoms with Crippen LogP contribution in [-0.4, -0.2) is 48.6 Å². The molecule has 0 radical (unpaired) electrons. The van der Waals surface area contributed by atoms with Crippen molar-refractivity contribution in [3.05, 3.63) is 64.4 Å².